The first-order valence-electron chi connectivity index (χ1n) is 0.707. The van der Waals surface area contributed by atoms with E-state index in [4.69, 9.17) is 0 Å². The zero-order chi connectivity index (χ0) is 2.00. The Morgan fingerprint density at radius 2 is 0.400 bits per heavy atom. The van der Waals surface area contributed by atoms with E-state index in [9.17, 15) is 0 Å². The summed E-state index contributed by atoms with van der Waals surface area (Å²) in [6.45, 7) is 5.00. The molecule has 10 heavy (non-hydrogen) atoms. The van der Waals surface area contributed by atoms with Crippen molar-refractivity contribution in [2.24, 2.45) is 0 Å². The largest absolute Gasteiger partial charge is 0.346 e. The molecule has 0 atom stereocenters. The van der Waals surface area contributed by atoms with E-state index in [1.165, 1.54) is 0 Å². The molecule has 0 nitrogen and oxygen atoms in total. The van der Waals surface area contributed by atoms with Gasteiger partial charge < -0.3 is 6.92 Å². The van der Waals surface area contributed by atoms with Gasteiger partial charge in [0.2, 0.25) is 0 Å². The fraction of sp³-hybridized carbons (Fsp3) is 0.500. The average Bonchev–Trinajstić information content (AvgIpc) is 1.00. The van der Waals surface area contributed by atoms with E-state index in [0.717, 1.165) is 0 Å². The summed E-state index contributed by atoms with van der Waals surface area (Å²) in [5.41, 5.74) is 0. The van der Waals surface area contributed by atoms with Crippen LogP contribution in [0.5, 0.6) is 0 Å². The molecule has 0 saturated carbocycles. The van der Waals surface area contributed by atoms with Crippen molar-refractivity contribution in [1.82, 2.24) is 0 Å². The Labute approximate surface area is 266 Å². The Hall–Kier alpha value is 8.83. The van der Waals surface area contributed by atoms with Gasteiger partial charge in [0, 0.05) is 262 Å². The van der Waals surface area contributed by atoms with Crippen molar-refractivity contribution in [3.63, 3.8) is 0 Å². The molecule has 0 heterocycles. The zero-order valence-electron chi connectivity index (χ0n) is 6.33. The second kappa shape index (κ2) is 64.8. The molecule has 0 bridgehead atoms. The molecule has 0 aliphatic rings. The van der Waals surface area contributed by atoms with Crippen LogP contribution in [-0.4, -0.2) is 0 Å². The molecule has 0 aliphatic heterocycles. The third-order valence-corrected chi connectivity index (χ3v) is 0. The van der Waals surface area contributed by atoms with Gasteiger partial charge in [-0.25, -0.2) is 0 Å². The smallest absolute Gasteiger partial charge is 0 e. The van der Waals surface area contributed by atoms with Gasteiger partial charge in [0.1, 0.15) is 0 Å². The molecular formula is C2H5Y8-. The van der Waals surface area contributed by atoms with Gasteiger partial charge in [-0.1, -0.05) is 0 Å². The Morgan fingerprint density at radius 1 is 0.400 bits per heavy atom. The molecule has 0 aromatic rings. The summed E-state index contributed by atoms with van der Waals surface area (Å²) in [5.74, 6) is 0. The van der Waals surface area contributed by atoms with Crippen molar-refractivity contribution in [1.29, 1.82) is 0 Å². The van der Waals surface area contributed by atoms with Crippen LogP contribution in [0.1, 0.15) is 6.92 Å². The summed E-state index contributed by atoms with van der Waals surface area (Å²) in [4.78, 5) is 0. The van der Waals surface area contributed by atoms with Crippen LogP contribution in [0.3, 0.4) is 0 Å². The van der Waals surface area contributed by atoms with Crippen LogP contribution in [0.15, 0.2) is 0 Å². The second-order valence-electron chi connectivity index (χ2n) is 0. The Balaban J connectivity index is -0.000000000179. The normalized spacial score (nSPS) is 0.600. The molecule has 0 fully saturated rings. The van der Waals surface area contributed by atoms with E-state index in [2.05, 4.69) is 6.92 Å². The fourth-order valence-corrected chi connectivity index (χ4v) is 0. The van der Waals surface area contributed by atoms with Gasteiger partial charge in [-0.15, -0.1) is 0 Å². The maximum absolute atomic E-state index is 3.25. The predicted octanol–water partition coefficient (Wildman–Crippen LogP) is 0.820. The van der Waals surface area contributed by atoms with E-state index < -0.39 is 0 Å². The van der Waals surface area contributed by atoms with Crippen LogP contribution in [0.25, 0.3) is 0 Å². The summed E-state index contributed by atoms with van der Waals surface area (Å²) >= 11 is 0. The van der Waals surface area contributed by atoms with Crippen molar-refractivity contribution in [3.05, 3.63) is 6.92 Å². The van der Waals surface area contributed by atoms with E-state index in [1.54, 1.807) is 6.92 Å². The van der Waals surface area contributed by atoms with Crippen molar-refractivity contribution in [2.75, 3.05) is 0 Å². The molecular weight excluding hydrogens is 735 g/mol. The monoisotopic (exact) mass is 740 g/mol. The van der Waals surface area contributed by atoms with Crippen LogP contribution in [-0.2, 0) is 262 Å². The van der Waals surface area contributed by atoms with Gasteiger partial charge in [0.15, 0.2) is 0 Å². The zero-order valence-corrected chi connectivity index (χ0v) is 29.0. The summed E-state index contributed by atoms with van der Waals surface area (Å²) in [6.07, 6.45) is 0. The summed E-state index contributed by atoms with van der Waals surface area (Å²) in [6, 6.07) is 0. The molecule has 0 aromatic heterocycles. The molecule has 38 valence electrons. The Kier molecular flexibility index (Phi) is 401. The van der Waals surface area contributed by atoms with Gasteiger partial charge in [-0.2, -0.15) is 6.92 Å². The number of rotatable bonds is 0. The number of hydrogen-bond donors (Lipinski definition) is 0. The van der Waals surface area contributed by atoms with Gasteiger partial charge in [-0.3, -0.25) is 0 Å². The number of hydrogen-bond acceptors (Lipinski definition) is 0. The minimum absolute atomic E-state index is 0. The quantitative estimate of drug-likeness (QED) is 0.324. The minimum atomic E-state index is 0. The molecule has 8 heteroatoms. The van der Waals surface area contributed by atoms with Gasteiger partial charge in [0.25, 0.3) is 0 Å². The van der Waals surface area contributed by atoms with Crippen LogP contribution < -0.4 is 0 Å². The molecule has 8 radical (unpaired) electrons. The molecule has 0 saturated heterocycles. The fourth-order valence-electron chi connectivity index (χ4n) is 0. The van der Waals surface area contributed by atoms with Crippen LogP contribution in [0.4, 0.5) is 0 Å². The topological polar surface area (TPSA) is 0 Å². The van der Waals surface area contributed by atoms with E-state index in [-0.39, 0.29) is 262 Å². The molecule has 0 aromatic carbocycles. The molecule has 0 amide bonds. The van der Waals surface area contributed by atoms with Gasteiger partial charge >= 0.3 is 0 Å². The Bertz CT molecular complexity index is 7.22. The summed E-state index contributed by atoms with van der Waals surface area (Å²) in [7, 11) is 0. The van der Waals surface area contributed by atoms with Crippen LogP contribution >= 0.6 is 0 Å². The predicted molar refractivity (Wildman–Crippen MR) is 11.0 cm³/mol. The standard InChI is InChI=1S/C2H5.8Y/c1-2;;;;;;;;/h1H2,2H3;;;;;;;;/q-1;;;;;;;;. The third-order valence-electron chi connectivity index (χ3n) is 0. The third kappa shape index (κ3) is 54.1. The van der Waals surface area contributed by atoms with Gasteiger partial charge in [-0.05, 0) is 0 Å². The molecule has 0 unspecified atom stereocenters. The maximum atomic E-state index is 3.25. The van der Waals surface area contributed by atoms with E-state index in [0.29, 0.717) is 0 Å². The van der Waals surface area contributed by atoms with Crippen molar-refractivity contribution < 1.29 is 262 Å². The van der Waals surface area contributed by atoms with Crippen molar-refractivity contribution in [2.45, 2.75) is 6.92 Å². The molecule has 0 spiro atoms. The summed E-state index contributed by atoms with van der Waals surface area (Å²) in [5, 5.41) is 0. The van der Waals surface area contributed by atoms with Crippen LogP contribution in [0.2, 0.25) is 0 Å². The minimum Gasteiger partial charge on any atom is -0.346 e. The van der Waals surface area contributed by atoms with E-state index in [1.807, 2.05) is 0 Å². The van der Waals surface area contributed by atoms with E-state index >= 15 is 0 Å². The molecule has 0 N–H and O–H groups in total. The van der Waals surface area contributed by atoms with Crippen LogP contribution in [0, 0.1) is 6.92 Å². The molecule has 0 rings (SSSR count). The maximum Gasteiger partial charge on any atom is 0 e. The SMILES string of the molecule is [CH2-]C.[Y].[Y].[Y].[Y].[Y].[Y].[Y].[Y]. The molecule has 0 aliphatic carbocycles. The first-order valence-corrected chi connectivity index (χ1v) is 0.707. The van der Waals surface area contributed by atoms with Gasteiger partial charge in [0.05, 0.1) is 0 Å². The second-order valence-corrected chi connectivity index (χ2v) is 0. The first-order chi connectivity index (χ1) is 1.00. The average molecular weight is 740 g/mol. The van der Waals surface area contributed by atoms with Crippen molar-refractivity contribution >= 4 is 0 Å². The Morgan fingerprint density at radius 3 is 0.400 bits per heavy atom. The van der Waals surface area contributed by atoms with Crippen molar-refractivity contribution in [3.8, 4) is 0 Å². The summed E-state index contributed by atoms with van der Waals surface area (Å²) < 4.78 is 0. The first kappa shape index (κ1) is 61.9.